The first-order chi connectivity index (χ1) is 24.5. The summed E-state index contributed by atoms with van der Waals surface area (Å²) in [5, 5.41) is 8.83. The lowest BCUT2D eigenvalue weighted by molar-refractivity contribution is -0.126. The van der Waals surface area contributed by atoms with E-state index in [-0.39, 0.29) is 69.1 Å². The largest absolute Gasteiger partial charge is 0.491 e. The molecule has 1 saturated heterocycles. The van der Waals surface area contributed by atoms with E-state index in [1.807, 2.05) is 27.7 Å². The van der Waals surface area contributed by atoms with Crippen molar-refractivity contribution in [1.29, 1.82) is 0 Å². The van der Waals surface area contributed by atoms with E-state index in [1.165, 1.54) is 10.8 Å². The Morgan fingerprint density at radius 2 is 2.00 bits per heavy atom. The van der Waals surface area contributed by atoms with E-state index in [2.05, 4.69) is 37.5 Å². The quantitative estimate of drug-likeness (QED) is 0.0497. The fourth-order valence-electron chi connectivity index (χ4n) is 4.68. The standard InChI is InChI=1S/C33H47N9O9/c1-21(2)48-18-27-26(50-22(3)4)16-30(51-27)42-17-24(31(35)39-33(42)45)8-6-11-37-28(43)19-46-13-14-47-29(40-41-36)20-49-25-9-5-7-23(15-25)32(44)38-12-10-34/h5,7,9,15,17,21-22,26-27,29-30H,10-14,16,18-20,34H2,1-4H3,(H,37,43)(H,38,44)(H2,35,39,45)/t26?,27-,29?,30-/m1/s1. The molecule has 1 aromatic carbocycles. The summed E-state index contributed by atoms with van der Waals surface area (Å²) in [6.45, 7) is 8.28. The molecule has 51 heavy (non-hydrogen) atoms. The molecule has 2 amide bonds. The first-order valence-corrected chi connectivity index (χ1v) is 16.5. The number of nitrogens with zero attached hydrogens (tertiary/aromatic N) is 5. The highest BCUT2D eigenvalue weighted by Gasteiger charge is 2.38. The first kappa shape index (κ1) is 40.7. The molecule has 3 rings (SSSR count). The van der Waals surface area contributed by atoms with E-state index in [4.69, 9.17) is 45.4 Å². The van der Waals surface area contributed by atoms with Crippen LogP contribution in [0.1, 0.15) is 56.3 Å². The van der Waals surface area contributed by atoms with E-state index < -0.39 is 24.1 Å². The number of rotatable bonds is 20. The zero-order valence-electron chi connectivity index (χ0n) is 29.3. The second kappa shape index (κ2) is 21.5. The minimum atomic E-state index is -0.982. The van der Waals surface area contributed by atoms with E-state index in [9.17, 15) is 14.4 Å². The molecule has 18 nitrogen and oxygen atoms in total. The number of hydrogen-bond acceptors (Lipinski definition) is 13. The van der Waals surface area contributed by atoms with Crippen molar-refractivity contribution in [1.82, 2.24) is 20.2 Å². The van der Waals surface area contributed by atoms with Gasteiger partial charge in [0.2, 0.25) is 5.91 Å². The van der Waals surface area contributed by atoms with Gasteiger partial charge in [-0.05, 0) is 51.4 Å². The third-order valence-corrected chi connectivity index (χ3v) is 6.98. The van der Waals surface area contributed by atoms with Crippen molar-refractivity contribution in [3.05, 3.63) is 62.5 Å². The fraction of sp³-hybridized carbons (Fsp3) is 0.576. The average Bonchev–Trinajstić information content (AvgIpc) is 3.48. The number of aromatic nitrogens is 2. The lowest BCUT2D eigenvalue weighted by atomic mass is 10.1. The monoisotopic (exact) mass is 713 g/mol. The van der Waals surface area contributed by atoms with E-state index in [1.54, 1.807) is 24.3 Å². The van der Waals surface area contributed by atoms with Gasteiger partial charge in [0.05, 0.1) is 50.2 Å². The number of nitrogen functional groups attached to an aromatic ring is 1. The van der Waals surface area contributed by atoms with Crippen molar-refractivity contribution < 1.29 is 38.0 Å². The number of hydrogen-bond donors (Lipinski definition) is 4. The van der Waals surface area contributed by atoms with Gasteiger partial charge >= 0.3 is 5.69 Å². The van der Waals surface area contributed by atoms with E-state index in [0.29, 0.717) is 43.0 Å². The van der Waals surface area contributed by atoms with Gasteiger partial charge in [-0.2, -0.15) is 4.98 Å². The molecule has 0 aliphatic carbocycles. The predicted molar refractivity (Wildman–Crippen MR) is 185 cm³/mol. The van der Waals surface area contributed by atoms with Gasteiger partial charge in [-0.25, -0.2) is 4.79 Å². The SMILES string of the molecule is CC(C)OC[C@H]1O[C@@H](n2cc(C#CCNC(=O)COCCOC(COc3cccc(C(=O)NCCN)c3)N=[N+]=[N-])c(N)nc2=O)CC1OC(C)C. The molecule has 0 spiro atoms. The Balaban J connectivity index is 1.43. The second-order valence-electron chi connectivity index (χ2n) is 11.7. The summed E-state index contributed by atoms with van der Waals surface area (Å²) in [4.78, 5) is 43.7. The highest BCUT2D eigenvalue weighted by atomic mass is 16.6. The van der Waals surface area contributed by atoms with Gasteiger partial charge < -0.3 is 50.5 Å². The Morgan fingerprint density at radius 1 is 1.20 bits per heavy atom. The molecule has 2 heterocycles. The minimum Gasteiger partial charge on any atom is -0.491 e. The van der Waals surface area contributed by atoms with Crippen LogP contribution < -0.4 is 32.5 Å². The van der Waals surface area contributed by atoms with Crippen LogP contribution in [0, 0.1) is 11.8 Å². The molecule has 1 aliphatic rings. The van der Waals surface area contributed by atoms with E-state index >= 15 is 0 Å². The molecule has 0 bridgehead atoms. The molecule has 18 heteroatoms. The zero-order chi connectivity index (χ0) is 37.2. The molecule has 278 valence electrons. The van der Waals surface area contributed by atoms with Crippen LogP contribution in [0.15, 0.2) is 40.4 Å². The predicted octanol–water partition coefficient (Wildman–Crippen LogP) is 1.24. The molecule has 1 aromatic heterocycles. The number of azide groups is 1. The smallest absolute Gasteiger partial charge is 0.351 e. The number of nitrogens with two attached hydrogens (primary N) is 2. The highest BCUT2D eigenvalue weighted by Crippen LogP contribution is 2.31. The van der Waals surface area contributed by atoms with Crippen LogP contribution in [0.3, 0.4) is 0 Å². The van der Waals surface area contributed by atoms with Gasteiger partial charge in [0.1, 0.15) is 37.1 Å². The molecule has 2 aromatic rings. The summed E-state index contributed by atoms with van der Waals surface area (Å²) in [5.41, 5.74) is 20.3. The van der Waals surface area contributed by atoms with Gasteiger partial charge in [0, 0.05) is 36.2 Å². The first-order valence-electron chi connectivity index (χ1n) is 16.5. The maximum atomic E-state index is 12.7. The van der Waals surface area contributed by atoms with Gasteiger partial charge in [-0.15, -0.1) is 0 Å². The van der Waals surface area contributed by atoms with Gasteiger partial charge in [-0.3, -0.25) is 14.2 Å². The number of nitrogens with one attached hydrogen (secondary N) is 2. The molecular weight excluding hydrogens is 666 g/mol. The van der Waals surface area contributed by atoms with Gasteiger partial charge in [0.25, 0.3) is 5.91 Å². The maximum Gasteiger partial charge on any atom is 0.351 e. The van der Waals surface area contributed by atoms with Crippen LogP contribution in [0.2, 0.25) is 0 Å². The second-order valence-corrected chi connectivity index (χ2v) is 11.7. The zero-order valence-corrected chi connectivity index (χ0v) is 29.3. The summed E-state index contributed by atoms with van der Waals surface area (Å²) >= 11 is 0. The van der Waals surface area contributed by atoms with Crippen molar-refractivity contribution in [2.24, 2.45) is 10.8 Å². The number of amides is 2. The van der Waals surface area contributed by atoms with Crippen LogP contribution in [0.5, 0.6) is 5.75 Å². The molecule has 6 N–H and O–H groups in total. The van der Waals surface area contributed by atoms with Crippen LogP contribution >= 0.6 is 0 Å². The molecule has 0 radical (unpaired) electrons. The summed E-state index contributed by atoms with van der Waals surface area (Å²) in [5.74, 6) is 5.23. The average molecular weight is 714 g/mol. The molecule has 1 aliphatic heterocycles. The fourth-order valence-corrected chi connectivity index (χ4v) is 4.68. The van der Waals surface area contributed by atoms with Gasteiger partial charge in [0.15, 0.2) is 6.23 Å². The molecule has 4 atom stereocenters. The Kier molecular flexibility index (Phi) is 17.1. The summed E-state index contributed by atoms with van der Waals surface area (Å²) in [7, 11) is 0. The minimum absolute atomic E-state index is 0.00417. The highest BCUT2D eigenvalue weighted by molar-refractivity contribution is 5.94. The van der Waals surface area contributed by atoms with Crippen molar-refractivity contribution in [3.8, 4) is 17.6 Å². The number of carbonyl (C=O) groups is 2. The third-order valence-electron chi connectivity index (χ3n) is 6.98. The lowest BCUT2D eigenvalue weighted by Gasteiger charge is -2.21. The Bertz CT molecular complexity index is 1600. The topological polar surface area (TPSA) is 249 Å². The van der Waals surface area contributed by atoms with Crippen molar-refractivity contribution in [2.45, 2.75) is 71.0 Å². The third kappa shape index (κ3) is 14.2. The molecule has 1 fully saturated rings. The van der Waals surface area contributed by atoms with Crippen LogP contribution in [0.25, 0.3) is 10.4 Å². The summed E-state index contributed by atoms with van der Waals surface area (Å²) in [6.07, 6.45) is -0.425. The number of ether oxygens (including phenoxy) is 6. The maximum absolute atomic E-state index is 12.7. The van der Waals surface area contributed by atoms with Crippen molar-refractivity contribution in [3.63, 3.8) is 0 Å². The molecule has 2 unspecified atom stereocenters. The van der Waals surface area contributed by atoms with Crippen molar-refractivity contribution in [2.75, 3.05) is 58.4 Å². The Labute approximate surface area is 296 Å². The van der Waals surface area contributed by atoms with E-state index in [0.717, 1.165) is 0 Å². The van der Waals surface area contributed by atoms with Gasteiger partial charge in [-0.1, -0.05) is 23.0 Å². The normalized spacial score (nSPS) is 17.4. The van der Waals surface area contributed by atoms with Crippen LogP contribution in [-0.4, -0.2) is 105 Å². The number of benzene rings is 1. The summed E-state index contributed by atoms with van der Waals surface area (Å²) < 4.78 is 35.7. The van der Waals surface area contributed by atoms with Crippen LogP contribution in [-0.2, 0) is 28.5 Å². The van der Waals surface area contributed by atoms with Crippen LogP contribution in [0.4, 0.5) is 5.82 Å². The number of carbonyl (C=O) groups excluding carboxylic acids is 2. The molecule has 0 saturated carbocycles. The van der Waals surface area contributed by atoms with Crippen molar-refractivity contribution >= 4 is 17.6 Å². The Hall–Kier alpha value is -4.73. The Morgan fingerprint density at radius 3 is 2.73 bits per heavy atom. The number of anilines is 1. The summed E-state index contributed by atoms with van der Waals surface area (Å²) in [6, 6.07) is 6.46. The molecular formula is C33H47N9O9. The lowest BCUT2D eigenvalue weighted by Crippen LogP contribution is -2.32.